The van der Waals surface area contributed by atoms with Crippen molar-refractivity contribution in [3.8, 4) is 17.2 Å². The Morgan fingerprint density at radius 1 is 0.947 bits per heavy atom. The molecule has 0 N–H and O–H groups in total. The van der Waals surface area contributed by atoms with E-state index in [4.69, 9.17) is 9.47 Å². The number of benzene rings is 2. The number of rotatable bonds is 5. The van der Waals surface area contributed by atoms with Crippen molar-refractivity contribution in [3.05, 3.63) is 54.1 Å². The molecular weight excluding hydrogens is 240 g/mol. The lowest BCUT2D eigenvalue weighted by Crippen LogP contribution is -1.99. The molecule has 0 aliphatic rings. The van der Waals surface area contributed by atoms with E-state index in [-0.39, 0.29) is 5.78 Å². The van der Waals surface area contributed by atoms with Gasteiger partial charge in [0.1, 0.15) is 5.75 Å². The van der Waals surface area contributed by atoms with Gasteiger partial charge in [0.05, 0.1) is 12.2 Å². The highest BCUT2D eigenvalue weighted by molar-refractivity contribution is 5.96. The molecule has 0 atom stereocenters. The van der Waals surface area contributed by atoms with Gasteiger partial charge in [0.25, 0.3) is 0 Å². The van der Waals surface area contributed by atoms with Crippen molar-refractivity contribution < 1.29 is 14.3 Å². The number of Topliss-reactive ketones (excluding diaryl/α,β-unsaturated/α-hetero) is 1. The maximum Gasteiger partial charge on any atom is 0.169 e. The largest absolute Gasteiger partial charge is 0.490 e. The van der Waals surface area contributed by atoms with Crippen molar-refractivity contribution in [2.75, 3.05) is 6.61 Å². The Morgan fingerprint density at radius 3 is 2.16 bits per heavy atom. The van der Waals surface area contributed by atoms with Gasteiger partial charge in [-0.2, -0.15) is 0 Å². The second kappa shape index (κ2) is 6.05. The van der Waals surface area contributed by atoms with Gasteiger partial charge < -0.3 is 9.47 Å². The second-order valence-corrected chi connectivity index (χ2v) is 4.03. The number of carbonyl (C=O) groups excluding carboxylic acids is 1. The van der Waals surface area contributed by atoms with Crippen LogP contribution in [0, 0.1) is 0 Å². The van der Waals surface area contributed by atoms with Gasteiger partial charge in [-0.3, -0.25) is 4.79 Å². The summed E-state index contributed by atoms with van der Waals surface area (Å²) < 4.78 is 11.3. The minimum atomic E-state index is -0.0236. The Kier molecular flexibility index (Phi) is 4.18. The van der Waals surface area contributed by atoms with E-state index in [9.17, 15) is 4.79 Å². The molecule has 3 heteroatoms. The van der Waals surface area contributed by atoms with E-state index in [2.05, 4.69) is 0 Å². The highest BCUT2D eigenvalue weighted by Gasteiger charge is 2.11. The third-order valence-corrected chi connectivity index (χ3v) is 2.64. The topological polar surface area (TPSA) is 35.5 Å². The Labute approximate surface area is 112 Å². The van der Waals surface area contributed by atoms with Gasteiger partial charge in [-0.1, -0.05) is 24.3 Å². The van der Waals surface area contributed by atoms with Crippen molar-refractivity contribution in [1.82, 2.24) is 0 Å². The molecule has 0 saturated carbocycles. The van der Waals surface area contributed by atoms with Crippen molar-refractivity contribution >= 4 is 5.78 Å². The summed E-state index contributed by atoms with van der Waals surface area (Å²) in [6.45, 7) is 4.01. The Morgan fingerprint density at radius 2 is 1.53 bits per heavy atom. The highest BCUT2D eigenvalue weighted by Crippen LogP contribution is 2.32. The predicted molar refractivity (Wildman–Crippen MR) is 74.1 cm³/mol. The van der Waals surface area contributed by atoms with Crippen LogP contribution in [-0.2, 0) is 0 Å². The molecule has 98 valence electrons. The molecule has 0 aliphatic heterocycles. The molecule has 0 saturated heterocycles. The number of ether oxygens (including phenoxy) is 2. The van der Waals surface area contributed by atoms with Gasteiger partial charge in [-0.25, -0.2) is 0 Å². The molecule has 19 heavy (non-hydrogen) atoms. The minimum Gasteiger partial charge on any atom is -0.490 e. The molecule has 2 rings (SSSR count). The van der Waals surface area contributed by atoms with Crippen molar-refractivity contribution in [2.45, 2.75) is 13.8 Å². The van der Waals surface area contributed by atoms with Crippen LogP contribution in [0.5, 0.6) is 17.2 Å². The monoisotopic (exact) mass is 256 g/mol. The van der Waals surface area contributed by atoms with Crippen LogP contribution in [0.3, 0.4) is 0 Å². The summed E-state index contributed by atoms with van der Waals surface area (Å²) in [6, 6.07) is 14.6. The summed E-state index contributed by atoms with van der Waals surface area (Å²) in [7, 11) is 0. The summed E-state index contributed by atoms with van der Waals surface area (Å²) in [6.07, 6.45) is 0. The van der Waals surface area contributed by atoms with Gasteiger partial charge in [0.2, 0.25) is 0 Å². The number of para-hydroxylation sites is 3. The highest BCUT2D eigenvalue weighted by atomic mass is 16.5. The molecule has 0 aliphatic carbocycles. The van der Waals surface area contributed by atoms with Crippen LogP contribution in [0.15, 0.2) is 48.5 Å². The second-order valence-electron chi connectivity index (χ2n) is 4.03. The summed E-state index contributed by atoms with van der Waals surface area (Å²) in [5, 5.41) is 0. The predicted octanol–water partition coefficient (Wildman–Crippen LogP) is 4.08. The molecule has 0 radical (unpaired) electrons. The van der Waals surface area contributed by atoms with E-state index in [0.29, 0.717) is 29.4 Å². The molecular formula is C16H16O3. The van der Waals surface area contributed by atoms with Gasteiger partial charge in [0.15, 0.2) is 17.3 Å². The van der Waals surface area contributed by atoms with Crippen LogP contribution in [0.25, 0.3) is 0 Å². The quantitative estimate of drug-likeness (QED) is 0.756. The van der Waals surface area contributed by atoms with Crippen LogP contribution < -0.4 is 9.47 Å². The van der Waals surface area contributed by atoms with Crippen LogP contribution in [-0.4, -0.2) is 12.4 Å². The lowest BCUT2D eigenvalue weighted by atomic mass is 10.1. The summed E-state index contributed by atoms with van der Waals surface area (Å²) >= 11 is 0. The molecule has 2 aromatic rings. The van der Waals surface area contributed by atoms with E-state index < -0.39 is 0 Å². The molecule has 0 unspecified atom stereocenters. The standard InChI is InChI=1S/C16H16O3/c1-3-18-15-10-6-7-11-16(15)19-14-9-5-4-8-13(14)12(2)17/h4-11H,3H2,1-2H3. The first kappa shape index (κ1) is 13.1. The fraction of sp³-hybridized carbons (Fsp3) is 0.188. The zero-order valence-electron chi connectivity index (χ0n) is 11.1. The van der Waals surface area contributed by atoms with E-state index in [0.717, 1.165) is 0 Å². The fourth-order valence-electron chi connectivity index (χ4n) is 1.77. The third kappa shape index (κ3) is 3.13. The van der Waals surface area contributed by atoms with Crippen LogP contribution in [0.1, 0.15) is 24.2 Å². The third-order valence-electron chi connectivity index (χ3n) is 2.64. The number of ketones is 1. The lowest BCUT2D eigenvalue weighted by Gasteiger charge is -2.13. The average Bonchev–Trinajstić information content (AvgIpc) is 2.42. The van der Waals surface area contributed by atoms with E-state index in [1.165, 1.54) is 6.92 Å². The molecule has 0 spiro atoms. The van der Waals surface area contributed by atoms with Gasteiger partial charge >= 0.3 is 0 Å². The molecule has 0 fully saturated rings. The van der Waals surface area contributed by atoms with Crippen molar-refractivity contribution in [1.29, 1.82) is 0 Å². The molecule has 0 amide bonds. The average molecular weight is 256 g/mol. The van der Waals surface area contributed by atoms with E-state index in [1.54, 1.807) is 12.1 Å². The first-order chi connectivity index (χ1) is 9.22. The number of hydrogen-bond acceptors (Lipinski definition) is 3. The molecule has 2 aromatic carbocycles. The van der Waals surface area contributed by atoms with Crippen LogP contribution in [0.4, 0.5) is 0 Å². The molecule has 3 nitrogen and oxygen atoms in total. The lowest BCUT2D eigenvalue weighted by molar-refractivity contribution is 0.101. The van der Waals surface area contributed by atoms with Gasteiger partial charge in [0, 0.05) is 0 Å². The summed E-state index contributed by atoms with van der Waals surface area (Å²) in [5.74, 6) is 1.80. The fourth-order valence-corrected chi connectivity index (χ4v) is 1.77. The first-order valence-corrected chi connectivity index (χ1v) is 6.22. The van der Waals surface area contributed by atoms with Gasteiger partial charge in [-0.15, -0.1) is 0 Å². The minimum absolute atomic E-state index is 0.0236. The van der Waals surface area contributed by atoms with Crippen molar-refractivity contribution in [2.24, 2.45) is 0 Å². The SMILES string of the molecule is CCOc1ccccc1Oc1ccccc1C(C)=O. The maximum absolute atomic E-state index is 11.6. The zero-order chi connectivity index (χ0) is 13.7. The molecule has 0 aromatic heterocycles. The Hall–Kier alpha value is -2.29. The molecule has 0 heterocycles. The Bertz CT molecular complexity index is 576. The van der Waals surface area contributed by atoms with Crippen molar-refractivity contribution in [3.63, 3.8) is 0 Å². The maximum atomic E-state index is 11.6. The van der Waals surface area contributed by atoms with E-state index >= 15 is 0 Å². The van der Waals surface area contributed by atoms with Crippen LogP contribution in [0.2, 0.25) is 0 Å². The number of hydrogen-bond donors (Lipinski definition) is 0. The number of carbonyl (C=O) groups is 1. The normalized spacial score (nSPS) is 10.0. The zero-order valence-corrected chi connectivity index (χ0v) is 11.1. The summed E-state index contributed by atoms with van der Waals surface area (Å²) in [5.41, 5.74) is 0.564. The van der Waals surface area contributed by atoms with Gasteiger partial charge in [-0.05, 0) is 38.1 Å². The molecule has 0 bridgehead atoms. The van der Waals surface area contributed by atoms with E-state index in [1.807, 2.05) is 43.3 Å². The van der Waals surface area contributed by atoms with Crippen LogP contribution >= 0.6 is 0 Å². The smallest absolute Gasteiger partial charge is 0.169 e. The Balaban J connectivity index is 2.34. The first-order valence-electron chi connectivity index (χ1n) is 6.22. The summed E-state index contributed by atoms with van der Waals surface area (Å²) in [4.78, 5) is 11.6.